The number of carbonyl (C=O) groups is 1. The summed E-state index contributed by atoms with van der Waals surface area (Å²) in [5.74, 6) is 1.53. The lowest BCUT2D eigenvalue weighted by molar-refractivity contribution is 0.0778. The molecule has 23 heavy (non-hydrogen) atoms. The number of aryl methyl sites for hydroxylation is 2. The van der Waals surface area contributed by atoms with E-state index in [1.165, 1.54) is 0 Å². The number of halogens is 1. The zero-order chi connectivity index (χ0) is 16.4. The molecule has 3 rings (SSSR count). The number of para-hydroxylation sites is 1. The average Bonchev–Trinajstić information content (AvgIpc) is 2.98. The van der Waals surface area contributed by atoms with E-state index >= 15 is 0 Å². The van der Waals surface area contributed by atoms with Crippen LogP contribution in [0.4, 0.5) is 0 Å². The molecule has 1 aromatic carbocycles. The number of carbonyl (C=O) groups excluding carboxylic acids is 1. The van der Waals surface area contributed by atoms with E-state index in [1.807, 2.05) is 18.3 Å². The first-order valence-electron chi connectivity index (χ1n) is 7.73. The molecule has 2 aromatic rings. The summed E-state index contributed by atoms with van der Waals surface area (Å²) in [4.78, 5) is 18.8. The Kier molecular flexibility index (Phi) is 4.57. The van der Waals surface area contributed by atoms with Gasteiger partial charge in [0.15, 0.2) is 0 Å². The van der Waals surface area contributed by atoms with Gasteiger partial charge < -0.3 is 14.2 Å². The minimum atomic E-state index is -0.0890. The van der Waals surface area contributed by atoms with Gasteiger partial charge in [0.05, 0.1) is 12.1 Å². The van der Waals surface area contributed by atoms with Crippen LogP contribution in [0.15, 0.2) is 24.4 Å². The Bertz CT molecular complexity index is 703. The fourth-order valence-electron chi connectivity index (χ4n) is 2.95. The van der Waals surface area contributed by atoms with E-state index < -0.39 is 0 Å². The first kappa shape index (κ1) is 15.9. The summed E-state index contributed by atoms with van der Waals surface area (Å²) in [6.07, 6.45) is 5.09. The molecule has 0 unspecified atom stereocenters. The molecule has 5 nitrogen and oxygen atoms in total. The van der Waals surface area contributed by atoms with Gasteiger partial charge in [-0.25, -0.2) is 4.98 Å². The number of rotatable bonds is 4. The van der Waals surface area contributed by atoms with Gasteiger partial charge in [-0.05, 0) is 18.9 Å². The molecule has 0 bridgehead atoms. The summed E-state index contributed by atoms with van der Waals surface area (Å²) in [6.45, 7) is 1.37. The Morgan fingerprint density at radius 2 is 2.26 bits per heavy atom. The zero-order valence-electron chi connectivity index (χ0n) is 13.4. The molecule has 0 spiro atoms. The number of nitrogens with zero attached hydrogens (tertiary/aromatic N) is 3. The molecule has 2 heterocycles. The molecule has 0 saturated carbocycles. The second-order valence-electron chi connectivity index (χ2n) is 5.79. The van der Waals surface area contributed by atoms with E-state index in [0.717, 1.165) is 37.2 Å². The molecule has 0 aliphatic carbocycles. The van der Waals surface area contributed by atoms with Crippen LogP contribution in [-0.4, -0.2) is 34.5 Å². The topological polar surface area (TPSA) is 47.4 Å². The van der Waals surface area contributed by atoms with Gasteiger partial charge in [-0.15, -0.1) is 0 Å². The molecule has 0 radical (unpaired) electrons. The lowest BCUT2D eigenvalue weighted by Crippen LogP contribution is -2.26. The Balaban J connectivity index is 1.78. The van der Waals surface area contributed by atoms with Gasteiger partial charge in [0.1, 0.15) is 17.3 Å². The van der Waals surface area contributed by atoms with Crippen molar-refractivity contribution in [2.45, 2.75) is 32.4 Å². The highest BCUT2D eigenvalue weighted by Crippen LogP contribution is 2.29. The maximum atomic E-state index is 12.6. The lowest BCUT2D eigenvalue weighted by atomic mass is 10.2. The number of benzene rings is 1. The predicted octanol–water partition coefficient (Wildman–Crippen LogP) is 3.15. The molecule has 0 atom stereocenters. The summed E-state index contributed by atoms with van der Waals surface area (Å²) < 4.78 is 7.43. The van der Waals surface area contributed by atoms with E-state index in [2.05, 4.69) is 9.55 Å². The minimum absolute atomic E-state index is 0.0890. The van der Waals surface area contributed by atoms with Gasteiger partial charge in [0.25, 0.3) is 5.91 Å². The summed E-state index contributed by atoms with van der Waals surface area (Å²) >= 11 is 6.13. The van der Waals surface area contributed by atoms with Gasteiger partial charge >= 0.3 is 0 Å². The number of ether oxygens (including phenoxy) is 1. The van der Waals surface area contributed by atoms with Crippen molar-refractivity contribution in [2.24, 2.45) is 0 Å². The van der Waals surface area contributed by atoms with Crippen molar-refractivity contribution in [3.8, 4) is 5.75 Å². The van der Waals surface area contributed by atoms with Crippen molar-refractivity contribution in [3.05, 3.63) is 46.5 Å². The van der Waals surface area contributed by atoms with E-state index in [1.54, 1.807) is 25.1 Å². The molecular formula is C17H20ClN3O2. The molecule has 122 valence electrons. The van der Waals surface area contributed by atoms with E-state index in [4.69, 9.17) is 16.3 Å². The maximum absolute atomic E-state index is 12.6. The third-order valence-electron chi connectivity index (χ3n) is 4.13. The molecule has 1 amide bonds. The summed E-state index contributed by atoms with van der Waals surface area (Å²) in [5, 5.41) is 0.545. The third kappa shape index (κ3) is 3.20. The van der Waals surface area contributed by atoms with Crippen LogP contribution in [0.3, 0.4) is 0 Å². The van der Waals surface area contributed by atoms with Crippen LogP contribution in [-0.2, 0) is 19.5 Å². The number of imidazole rings is 1. The summed E-state index contributed by atoms with van der Waals surface area (Å²) in [7, 11) is 3.34. The number of amides is 1. The van der Waals surface area contributed by atoms with Crippen molar-refractivity contribution in [1.82, 2.24) is 14.5 Å². The normalized spacial score (nSPS) is 13.5. The molecule has 1 aromatic heterocycles. The fourth-order valence-corrected chi connectivity index (χ4v) is 3.22. The summed E-state index contributed by atoms with van der Waals surface area (Å²) in [6, 6.07) is 5.54. The first-order valence-corrected chi connectivity index (χ1v) is 8.11. The largest absolute Gasteiger partial charge is 0.495 e. The van der Waals surface area contributed by atoms with Gasteiger partial charge in [-0.2, -0.15) is 0 Å². The second-order valence-corrected chi connectivity index (χ2v) is 6.19. The molecule has 6 heteroatoms. The van der Waals surface area contributed by atoms with Crippen LogP contribution in [0.25, 0.3) is 0 Å². The number of hydrogen-bond acceptors (Lipinski definition) is 3. The molecule has 1 aliphatic heterocycles. The Hall–Kier alpha value is -2.01. The summed E-state index contributed by atoms with van der Waals surface area (Å²) in [5.41, 5.74) is 1.38. The molecular weight excluding hydrogens is 314 g/mol. The van der Waals surface area contributed by atoms with E-state index in [-0.39, 0.29) is 5.91 Å². The quantitative estimate of drug-likeness (QED) is 0.863. The number of aromatic nitrogens is 2. The van der Waals surface area contributed by atoms with Crippen LogP contribution in [0.5, 0.6) is 5.75 Å². The van der Waals surface area contributed by atoms with Crippen LogP contribution >= 0.6 is 11.6 Å². The highest BCUT2D eigenvalue weighted by Gasteiger charge is 2.20. The zero-order valence-corrected chi connectivity index (χ0v) is 14.1. The Morgan fingerprint density at radius 3 is 3.00 bits per heavy atom. The van der Waals surface area contributed by atoms with Crippen molar-refractivity contribution >= 4 is 17.5 Å². The number of methoxy groups -OCH3 is 1. The van der Waals surface area contributed by atoms with Crippen molar-refractivity contribution < 1.29 is 9.53 Å². The van der Waals surface area contributed by atoms with Crippen molar-refractivity contribution in [3.63, 3.8) is 0 Å². The highest BCUT2D eigenvalue weighted by atomic mass is 35.5. The first-order chi connectivity index (χ1) is 11.1. The standard InChI is InChI=1S/C17H20ClN3O2/c1-20(10-12-6-5-7-13(18)16(12)23-2)17(22)14-11-21-9-4-3-8-15(21)19-14/h5-7,11H,3-4,8-10H2,1-2H3. The van der Waals surface area contributed by atoms with E-state index in [9.17, 15) is 4.79 Å². The second kappa shape index (κ2) is 6.62. The molecule has 0 saturated heterocycles. The highest BCUT2D eigenvalue weighted by molar-refractivity contribution is 6.32. The minimum Gasteiger partial charge on any atom is -0.495 e. The maximum Gasteiger partial charge on any atom is 0.274 e. The van der Waals surface area contributed by atoms with Gasteiger partial charge in [0.2, 0.25) is 0 Å². The monoisotopic (exact) mass is 333 g/mol. The Labute approximate surface area is 140 Å². The SMILES string of the molecule is COc1c(Cl)cccc1CN(C)C(=O)c1cn2c(n1)CCCC2. The van der Waals surface area contributed by atoms with Crippen molar-refractivity contribution in [1.29, 1.82) is 0 Å². The van der Waals surface area contributed by atoms with Gasteiger partial charge in [0, 0.05) is 38.3 Å². The van der Waals surface area contributed by atoms with Crippen LogP contribution in [0, 0.1) is 0 Å². The smallest absolute Gasteiger partial charge is 0.274 e. The molecule has 1 aliphatic rings. The molecule has 0 N–H and O–H groups in total. The van der Waals surface area contributed by atoms with Gasteiger partial charge in [-0.3, -0.25) is 4.79 Å². The average molecular weight is 334 g/mol. The lowest BCUT2D eigenvalue weighted by Gasteiger charge is -2.18. The fraction of sp³-hybridized carbons (Fsp3) is 0.412. The van der Waals surface area contributed by atoms with Crippen molar-refractivity contribution in [2.75, 3.05) is 14.2 Å². The third-order valence-corrected chi connectivity index (χ3v) is 4.43. The predicted molar refractivity (Wildman–Crippen MR) is 89.0 cm³/mol. The number of fused-ring (bicyclic) bond motifs is 1. The Morgan fingerprint density at radius 1 is 1.43 bits per heavy atom. The molecule has 0 fully saturated rings. The van der Waals surface area contributed by atoms with Crippen LogP contribution in [0.2, 0.25) is 5.02 Å². The van der Waals surface area contributed by atoms with Crippen LogP contribution < -0.4 is 4.74 Å². The number of hydrogen-bond donors (Lipinski definition) is 0. The van der Waals surface area contributed by atoms with Gasteiger partial charge in [-0.1, -0.05) is 23.7 Å². The van der Waals surface area contributed by atoms with Crippen LogP contribution in [0.1, 0.15) is 34.7 Å². The van der Waals surface area contributed by atoms with E-state index in [0.29, 0.717) is 23.0 Å².